The molecule has 2 atom stereocenters. The van der Waals surface area contributed by atoms with Crippen LogP contribution >= 0.6 is 0 Å². The van der Waals surface area contributed by atoms with Crippen LogP contribution in [0.4, 0.5) is 0 Å². The Balaban J connectivity index is 1.93. The van der Waals surface area contributed by atoms with E-state index in [0.29, 0.717) is 18.0 Å². The Hall–Kier alpha value is -0.930. The second kappa shape index (κ2) is 7.75. The van der Waals surface area contributed by atoms with Gasteiger partial charge >= 0.3 is 0 Å². The van der Waals surface area contributed by atoms with Crippen LogP contribution in [0.1, 0.15) is 39.2 Å². The van der Waals surface area contributed by atoms with Crippen LogP contribution in [-0.4, -0.2) is 41.6 Å². The predicted molar refractivity (Wildman–Crippen MR) is 84.8 cm³/mol. The average Bonchev–Trinajstić information content (AvgIpc) is 2.46. The molecule has 20 heavy (non-hydrogen) atoms. The average molecular weight is 275 g/mol. The molecule has 1 aliphatic rings. The highest BCUT2D eigenvalue weighted by Crippen LogP contribution is 2.17. The van der Waals surface area contributed by atoms with E-state index in [-0.39, 0.29) is 0 Å². The van der Waals surface area contributed by atoms with Crippen LogP contribution in [0.3, 0.4) is 0 Å². The smallest absolute Gasteiger partial charge is 0.0300 e. The monoisotopic (exact) mass is 275 g/mol. The number of nitrogens with one attached hydrogen (secondary N) is 1. The van der Waals surface area contributed by atoms with Crippen molar-refractivity contribution in [2.45, 2.75) is 52.1 Å². The number of rotatable bonds is 6. The lowest BCUT2D eigenvalue weighted by atomic mass is 9.96. The molecule has 2 rings (SSSR count). The van der Waals surface area contributed by atoms with Gasteiger partial charge < -0.3 is 5.32 Å². The van der Waals surface area contributed by atoms with Crippen LogP contribution < -0.4 is 5.32 Å². The standard InChI is InChI=1S/C17H29N3/c1-4-6-16-13-20(17(12-19-16)14(2)3)10-8-15-7-5-9-18-11-15/h5,7,9,11,14,16-17,19H,4,6,8,10,12-13H2,1-3H3. The van der Waals surface area contributed by atoms with Gasteiger partial charge in [-0.05, 0) is 30.4 Å². The van der Waals surface area contributed by atoms with Gasteiger partial charge in [0.05, 0.1) is 0 Å². The van der Waals surface area contributed by atoms with Crippen molar-refractivity contribution >= 4 is 0 Å². The van der Waals surface area contributed by atoms with Crippen molar-refractivity contribution in [3.8, 4) is 0 Å². The number of nitrogens with zero attached hydrogens (tertiary/aromatic N) is 2. The molecule has 1 saturated heterocycles. The first-order valence-electron chi connectivity index (χ1n) is 8.07. The summed E-state index contributed by atoms with van der Waals surface area (Å²) in [5.74, 6) is 0.707. The molecule has 0 amide bonds. The Kier molecular flexibility index (Phi) is 5.99. The molecule has 3 nitrogen and oxygen atoms in total. The van der Waals surface area contributed by atoms with Crippen molar-refractivity contribution in [1.82, 2.24) is 15.2 Å². The zero-order valence-corrected chi connectivity index (χ0v) is 13.2. The van der Waals surface area contributed by atoms with E-state index >= 15 is 0 Å². The minimum absolute atomic E-state index is 0.666. The Morgan fingerprint density at radius 2 is 2.30 bits per heavy atom. The minimum Gasteiger partial charge on any atom is -0.311 e. The highest BCUT2D eigenvalue weighted by molar-refractivity contribution is 5.09. The van der Waals surface area contributed by atoms with E-state index in [1.54, 1.807) is 0 Å². The summed E-state index contributed by atoms with van der Waals surface area (Å²) in [6.45, 7) is 10.4. The number of aromatic nitrogens is 1. The summed E-state index contributed by atoms with van der Waals surface area (Å²) in [5, 5.41) is 3.73. The predicted octanol–water partition coefficient (Wildman–Crippen LogP) is 2.72. The van der Waals surface area contributed by atoms with Gasteiger partial charge in [0.25, 0.3) is 0 Å². The third kappa shape index (κ3) is 4.29. The van der Waals surface area contributed by atoms with Gasteiger partial charge in [0.2, 0.25) is 0 Å². The molecule has 1 aliphatic heterocycles. The SMILES string of the molecule is CCCC1CN(CCc2cccnc2)C(C(C)C)CN1. The molecule has 1 N–H and O–H groups in total. The molecule has 0 radical (unpaired) electrons. The highest BCUT2D eigenvalue weighted by atomic mass is 15.2. The molecular weight excluding hydrogens is 246 g/mol. The summed E-state index contributed by atoms with van der Waals surface area (Å²) in [6, 6.07) is 5.56. The van der Waals surface area contributed by atoms with Crippen LogP contribution in [0.2, 0.25) is 0 Å². The fraction of sp³-hybridized carbons (Fsp3) is 0.706. The van der Waals surface area contributed by atoms with Gasteiger partial charge in [0, 0.05) is 44.1 Å². The summed E-state index contributed by atoms with van der Waals surface area (Å²) in [5.41, 5.74) is 1.35. The summed E-state index contributed by atoms with van der Waals surface area (Å²) >= 11 is 0. The summed E-state index contributed by atoms with van der Waals surface area (Å²) in [4.78, 5) is 6.91. The van der Waals surface area contributed by atoms with Gasteiger partial charge in [-0.3, -0.25) is 9.88 Å². The largest absolute Gasteiger partial charge is 0.311 e. The van der Waals surface area contributed by atoms with Gasteiger partial charge in [-0.15, -0.1) is 0 Å². The molecule has 0 saturated carbocycles. The molecule has 2 unspecified atom stereocenters. The highest BCUT2D eigenvalue weighted by Gasteiger charge is 2.28. The first kappa shape index (κ1) is 15.5. The van der Waals surface area contributed by atoms with Gasteiger partial charge in [-0.1, -0.05) is 33.3 Å². The van der Waals surface area contributed by atoms with Crippen LogP contribution in [-0.2, 0) is 6.42 Å². The van der Waals surface area contributed by atoms with E-state index < -0.39 is 0 Å². The lowest BCUT2D eigenvalue weighted by Gasteiger charge is -2.42. The summed E-state index contributed by atoms with van der Waals surface area (Å²) in [6.07, 6.45) is 7.50. The van der Waals surface area contributed by atoms with E-state index in [2.05, 4.69) is 42.0 Å². The molecule has 3 heteroatoms. The zero-order chi connectivity index (χ0) is 14.4. The molecule has 1 fully saturated rings. The molecule has 0 aliphatic carbocycles. The van der Waals surface area contributed by atoms with Crippen LogP contribution in [0.5, 0.6) is 0 Å². The number of pyridine rings is 1. The molecule has 0 aromatic carbocycles. The lowest BCUT2D eigenvalue weighted by Crippen LogP contribution is -2.58. The van der Waals surface area contributed by atoms with E-state index in [4.69, 9.17) is 0 Å². The van der Waals surface area contributed by atoms with Gasteiger partial charge in [-0.25, -0.2) is 0 Å². The van der Waals surface area contributed by atoms with E-state index in [1.165, 1.54) is 24.9 Å². The maximum absolute atomic E-state index is 4.22. The van der Waals surface area contributed by atoms with Gasteiger partial charge in [-0.2, -0.15) is 0 Å². The van der Waals surface area contributed by atoms with Crippen LogP contribution in [0, 0.1) is 5.92 Å². The lowest BCUT2D eigenvalue weighted by molar-refractivity contribution is 0.0969. The van der Waals surface area contributed by atoms with E-state index in [0.717, 1.165) is 19.5 Å². The van der Waals surface area contributed by atoms with Crippen molar-refractivity contribution in [2.24, 2.45) is 5.92 Å². The maximum Gasteiger partial charge on any atom is 0.0300 e. The molecule has 0 bridgehead atoms. The summed E-state index contributed by atoms with van der Waals surface area (Å²) < 4.78 is 0. The summed E-state index contributed by atoms with van der Waals surface area (Å²) in [7, 11) is 0. The van der Waals surface area contributed by atoms with Crippen LogP contribution in [0.15, 0.2) is 24.5 Å². The van der Waals surface area contributed by atoms with E-state index in [1.807, 2.05) is 18.5 Å². The topological polar surface area (TPSA) is 28.2 Å². The second-order valence-electron chi connectivity index (χ2n) is 6.31. The first-order chi connectivity index (χ1) is 9.70. The normalized spacial score (nSPS) is 24.2. The fourth-order valence-corrected chi connectivity index (χ4v) is 3.17. The quantitative estimate of drug-likeness (QED) is 0.865. The molecule has 0 spiro atoms. The van der Waals surface area contributed by atoms with Crippen LogP contribution in [0.25, 0.3) is 0 Å². The Morgan fingerprint density at radius 1 is 1.45 bits per heavy atom. The maximum atomic E-state index is 4.22. The zero-order valence-electron chi connectivity index (χ0n) is 13.2. The Bertz CT molecular complexity index is 377. The molecule has 112 valence electrons. The molecule has 2 heterocycles. The molecular formula is C17H29N3. The molecule has 1 aromatic rings. The molecule has 1 aromatic heterocycles. The number of piperazine rings is 1. The number of hydrogen-bond acceptors (Lipinski definition) is 3. The van der Waals surface area contributed by atoms with Crippen molar-refractivity contribution in [2.75, 3.05) is 19.6 Å². The first-order valence-corrected chi connectivity index (χ1v) is 8.07. The fourth-order valence-electron chi connectivity index (χ4n) is 3.17. The third-order valence-electron chi connectivity index (χ3n) is 4.36. The Morgan fingerprint density at radius 3 is 2.95 bits per heavy atom. The van der Waals surface area contributed by atoms with Gasteiger partial charge in [0.1, 0.15) is 0 Å². The second-order valence-corrected chi connectivity index (χ2v) is 6.31. The minimum atomic E-state index is 0.666. The third-order valence-corrected chi connectivity index (χ3v) is 4.36. The van der Waals surface area contributed by atoms with E-state index in [9.17, 15) is 0 Å². The van der Waals surface area contributed by atoms with Gasteiger partial charge in [0.15, 0.2) is 0 Å². The van der Waals surface area contributed by atoms with Crippen molar-refractivity contribution < 1.29 is 0 Å². The van der Waals surface area contributed by atoms with Crippen molar-refractivity contribution in [3.05, 3.63) is 30.1 Å². The number of hydrogen-bond donors (Lipinski definition) is 1. The van der Waals surface area contributed by atoms with Crippen molar-refractivity contribution in [1.29, 1.82) is 0 Å². The van der Waals surface area contributed by atoms with Crippen molar-refractivity contribution in [3.63, 3.8) is 0 Å². The Labute approximate surface area is 123 Å².